The van der Waals surface area contributed by atoms with E-state index in [4.69, 9.17) is 0 Å². The van der Waals surface area contributed by atoms with Crippen molar-refractivity contribution < 1.29 is 0 Å². The Morgan fingerprint density at radius 1 is 0.302 bits per heavy atom. The van der Waals surface area contributed by atoms with Crippen LogP contribution in [-0.4, -0.2) is 0 Å². The predicted octanol–water partition coefficient (Wildman–Crippen LogP) is 12.4. The van der Waals surface area contributed by atoms with Crippen LogP contribution < -0.4 is 0 Å². The van der Waals surface area contributed by atoms with Crippen molar-refractivity contribution in [1.29, 1.82) is 0 Å². The van der Waals surface area contributed by atoms with Gasteiger partial charge in [-0.15, -0.1) is 0 Å². The molecule has 10 rings (SSSR count). The minimum Gasteiger partial charge on any atom is -0.0888 e. The lowest BCUT2D eigenvalue weighted by Crippen LogP contribution is -1.94. The van der Waals surface area contributed by atoms with E-state index in [2.05, 4.69) is 146 Å². The van der Waals surface area contributed by atoms with Gasteiger partial charge in [-0.3, -0.25) is 0 Å². The molecule has 0 unspecified atom stereocenters. The van der Waals surface area contributed by atoms with E-state index in [0.29, 0.717) is 0 Å². The zero-order valence-corrected chi connectivity index (χ0v) is 24.1. The van der Waals surface area contributed by atoms with Crippen LogP contribution in [0.15, 0.2) is 155 Å². The fourth-order valence-corrected chi connectivity index (χ4v) is 8.62. The maximum Gasteiger partial charge on any atom is 0.0207 e. The van der Waals surface area contributed by atoms with Crippen molar-refractivity contribution in [3.05, 3.63) is 146 Å². The van der Waals surface area contributed by atoms with Gasteiger partial charge in [-0.2, -0.15) is 0 Å². The van der Waals surface area contributed by atoms with E-state index in [9.17, 15) is 0 Å². The fraction of sp³-hybridized carbons (Fsp3) is 0. The average molecular weight is 561 g/mol. The molecule has 9 aromatic carbocycles. The monoisotopic (exact) mass is 560 g/mol. The maximum absolute atomic E-state index is 2.43. The molecule has 43 heavy (non-hydrogen) atoms. The van der Waals surface area contributed by atoms with E-state index < -0.39 is 0 Å². The lowest BCUT2D eigenvalue weighted by Gasteiger charge is -2.22. The summed E-state index contributed by atoms with van der Waals surface area (Å²) in [5.41, 5.74) is 7.77. The molecule has 0 bridgehead atoms. The van der Waals surface area contributed by atoms with Crippen LogP contribution in [0.3, 0.4) is 0 Å². The highest BCUT2D eigenvalue weighted by atomic mass is 32.2. The molecule has 0 saturated carbocycles. The summed E-state index contributed by atoms with van der Waals surface area (Å²) >= 11 is 1.89. The van der Waals surface area contributed by atoms with E-state index in [-0.39, 0.29) is 0 Å². The van der Waals surface area contributed by atoms with E-state index >= 15 is 0 Å². The molecular weight excluding hydrogens is 537 g/mol. The predicted molar refractivity (Wildman–Crippen MR) is 186 cm³/mol. The Kier molecular flexibility index (Phi) is 4.75. The van der Waals surface area contributed by atoms with Gasteiger partial charge in [0.15, 0.2) is 0 Å². The van der Waals surface area contributed by atoms with Crippen LogP contribution in [0.4, 0.5) is 0 Å². The molecule has 198 valence electrons. The molecule has 1 aliphatic heterocycles. The van der Waals surface area contributed by atoms with Gasteiger partial charge in [-0.25, -0.2) is 0 Å². The van der Waals surface area contributed by atoms with Crippen molar-refractivity contribution in [1.82, 2.24) is 0 Å². The van der Waals surface area contributed by atoms with Gasteiger partial charge in [0, 0.05) is 15.2 Å². The van der Waals surface area contributed by atoms with Gasteiger partial charge in [0.2, 0.25) is 0 Å². The van der Waals surface area contributed by atoms with Crippen LogP contribution in [0.5, 0.6) is 0 Å². The Morgan fingerprint density at radius 2 is 0.953 bits per heavy atom. The first kappa shape index (κ1) is 23.5. The summed E-state index contributed by atoms with van der Waals surface area (Å²) in [4.78, 5) is 2.66. The third kappa shape index (κ3) is 3.29. The summed E-state index contributed by atoms with van der Waals surface area (Å²) in [6.07, 6.45) is 0. The van der Waals surface area contributed by atoms with Crippen molar-refractivity contribution in [3.8, 4) is 33.4 Å². The first-order valence-electron chi connectivity index (χ1n) is 14.8. The van der Waals surface area contributed by atoms with Gasteiger partial charge in [-0.05, 0) is 106 Å². The smallest absolute Gasteiger partial charge is 0.0207 e. The van der Waals surface area contributed by atoms with Crippen molar-refractivity contribution in [2.75, 3.05) is 0 Å². The Bertz CT molecular complexity index is 2570. The second-order valence-corrected chi connectivity index (χ2v) is 12.7. The SMILES string of the molecule is c1ccc2c(c1)Sc1ccc(-c3cc(-c4ccc5ccc6cccc7ccc4c5c67)c4ccccc4c3)c3cccc-2c13. The van der Waals surface area contributed by atoms with Gasteiger partial charge < -0.3 is 0 Å². The van der Waals surface area contributed by atoms with Gasteiger partial charge >= 0.3 is 0 Å². The van der Waals surface area contributed by atoms with Crippen molar-refractivity contribution >= 4 is 65.6 Å². The van der Waals surface area contributed by atoms with Gasteiger partial charge in [0.25, 0.3) is 0 Å². The molecule has 0 saturated heterocycles. The van der Waals surface area contributed by atoms with Crippen LogP contribution >= 0.6 is 11.8 Å². The van der Waals surface area contributed by atoms with Gasteiger partial charge in [0.1, 0.15) is 0 Å². The van der Waals surface area contributed by atoms with E-state index in [1.165, 1.54) is 97.0 Å². The Labute approximate surface area is 253 Å². The molecule has 0 amide bonds. The minimum atomic E-state index is 1.26. The normalized spacial score (nSPS) is 12.6. The molecule has 0 radical (unpaired) electrons. The third-order valence-corrected chi connectivity index (χ3v) is 10.5. The molecule has 0 spiro atoms. The second kappa shape index (κ2) is 8.70. The topological polar surface area (TPSA) is 0 Å². The largest absolute Gasteiger partial charge is 0.0888 e. The summed E-state index contributed by atoms with van der Waals surface area (Å²) in [6, 6.07) is 54.4. The molecule has 1 heterocycles. The number of hydrogen-bond donors (Lipinski definition) is 0. The molecule has 9 aromatic rings. The fourth-order valence-electron chi connectivity index (χ4n) is 7.49. The molecule has 1 aliphatic rings. The van der Waals surface area contributed by atoms with Crippen LogP contribution in [0.1, 0.15) is 0 Å². The highest BCUT2D eigenvalue weighted by molar-refractivity contribution is 7.99. The van der Waals surface area contributed by atoms with E-state index in [0.717, 1.165) is 0 Å². The molecule has 0 aliphatic carbocycles. The number of rotatable bonds is 2. The van der Waals surface area contributed by atoms with E-state index in [1.54, 1.807) is 0 Å². The van der Waals surface area contributed by atoms with Gasteiger partial charge in [0.05, 0.1) is 0 Å². The Balaban J connectivity index is 1.27. The highest BCUT2D eigenvalue weighted by Crippen LogP contribution is 2.50. The van der Waals surface area contributed by atoms with Crippen molar-refractivity contribution in [2.45, 2.75) is 9.79 Å². The summed E-state index contributed by atoms with van der Waals surface area (Å²) in [6.45, 7) is 0. The molecule has 0 fully saturated rings. The van der Waals surface area contributed by atoms with Crippen LogP contribution in [0.2, 0.25) is 0 Å². The second-order valence-electron chi connectivity index (χ2n) is 11.7. The quantitative estimate of drug-likeness (QED) is 0.190. The molecule has 0 aromatic heterocycles. The lowest BCUT2D eigenvalue weighted by atomic mass is 9.86. The third-order valence-electron chi connectivity index (χ3n) is 9.39. The van der Waals surface area contributed by atoms with Crippen molar-refractivity contribution in [3.63, 3.8) is 0 Å². The Hall–Kier alpha value is -5.11. The van der Waals surface area contributed by atoms with Crippen LogP contribution in [0.25, 0.3) is 87.2 Å². The summed E-state index contributed by atoms with van der Waals surface area (Å²) < 4.78 is 0. The maximum atomic E-state index is 2.43. The molecule has 0 atom stereocenters. The molecule has 1 heteroatoms. The zero-order valence-electron chi connectivity index (χ0n) is 23.3. The summed E-state index contributed by atoms with van der Waals surface area (Å²) in [7, 11) is 0. The standard InChI is InChI=1S/C42H24S/c1-2-10-30-28(7-1)23-29(31-21-22-39-42-34(31)12-6-13-35(42)33-11-3-4-14-38(33)43-39)24-37(30)32-19-17-27-16-15-25-8-5-9-26-18-20-36(32)41(27)40(25)26/h1-24H. The van der Waals surface area contributed by atoms with Crippen molar-refractivity contribution in [2.24, 2.45) is 0 Å². The molecule has 0 N–H and O–H groups in total. The number of benzene rings is 9. The van der Waals surface area contributed by atoms with Gasteiger partial charge in [-0.1, -0.05) is 133 Å². The van der Waals surface area contributed by atoms with E-state index in [1.807, 2.05) is 11.8 Å². The number of fused-ring (bicyclic) bond motifs is 3. The molecular formula is C42H24S. The first-order chi connectivity index (χ1) is 21.3. The number of hydrogen-bond acceptors (Lipinski definition) is 1. The Morgan fingerprint density at radius 3 is 1.88 bits per heavy atom. The molecule has 0 nitrogen and oxygen atoms in total. The van der Waals surface area contributed by atoms with Crippen LogP contribution in [0, 0.1) is 0 Å². The first-order valence-corrected chi connectivity index (χ1v) is 15.7. The highest BCUT2D eigenvalue weighted by Gasteiger charge is 2.21. The average Bonchev–Trinajstić information content (AvgIpc) is 3.07. The zero-order chi connectivity index (χ0) is 28.1. The summed E-state index contributed by atoms with van der Waals surface area (Å²) in [5.74, 6) is 0. The lowest BCUT2D eigenvalue weighted by molar-refractivity contribution is 1.40. The minimum absolute atomic E-state index is 1.26. The summed E-state index contributed by atoms with van der Waals surface area (Å²) in [5, 5.41) is 13.2. The van der Waals surface area contributed by atoms with Crippen LogP contribution in [-0.2, 0) is 0 Å².